The van der Waals surface area contributed by atoms with Gasteiger partial charge in [-0.3, -0.25) is 9.79 Å². The van der Waals surface area contributed by atoms with Gasteiger partial charge in [0.2, 0.25) is 0 Å². The first-order valence-corrected chi connectivity index (χ1v) is 11.8. The van der Waals surface area contributed by atoms with E-state index in [2.05, 4.69) is 78.1 Å². The van der Waals surface area contributed by atoms with Gasteiger partial charge in [-0.05, 0) is 72.7 Å². The van der Waals surface area contributed by atoms with Gasteiger partial charge in [0.05, 0.1) is 0 Å². The molecule has 2 atom stereocenters. The van der Waals surface area contributed by atoms with Crippen LogP contribution < -0.4 is 10.2 Å². The molecule has 1 N–H and O–H groups in total. The zero-order valence-electron chi connectivity index (χ0n) is 19.6. The Hall–Kier alpha value is -3.40. The Morgan fingerprint density at radius 2 is 2.03 bits per heavy atom. The number of anilines is 1. The number of hydrogen-bond donors (Lipinski definition) is 1. The number of ketones is 1. The number of aliphatic imine (C=N–C) groups is 1. The van der Waals surface area contributed by atoms with Crippen LogP contribution in [0.25, 0.3) is 11.1 Å². The molecule has 2 aliphatic heterocycles. The second-order valence-corrected chi connectivity index (χ2v) is 9.10. The molecule has 2 aliphatic rings. The molecule has 2 heterocycles. The molecule has 4 heteroatoms. The summed E-state index contributed by atoms with van der Waals surface area (Å²) in [6.07, 6.45) is 9.80. The van der Waals surface area contributed by atoms with Crippen molar-refractivity contribution in [1.29, 1.82) is 0 Å². The smallest absolute Gasteiger partial charge is 0.164 e. The summed E-state index contributed by atoms with van der Waals surface area (Å²) in [6.45, 7) is 9.63. The van der Waals surface area contributed by atoms with Gasteiger partial charge in [-0.25, -0.2) is 0 Å². The van der Waals surface area contributed by atoms with Gasteiger partial charge in [0.25, 0.3) is 0 Å². The summed E-state index contributed by atoms with van der Waals surface area (Å²) in [5.74, 6) is 0.467. The fraction of sp³-hybridized carbons (Fsp3) is 0.310. The van der Waals surface area contributed by atoms with E-state index in [0.717, 1.165) is 37.9 Å². The largest absolute Gasteiger partial charge is 0.368 e. The molecule has 170 valence electrons. The van der Waals surface area contributed by atoms with Gasteiger partial charge in [0, 0.05) is 48.9 Å². The summed E-state index contributed by atoms with van der Waals surface area (Å²) < 4.78 is 0. The quantitative estimate of drug-likeness (QED) is 0.582. The third kappa shape index (κ3) is 5.33. The molecular weight excluding hydrogens is 406 g/mol. The van der Waals surface area contributed by atoms with Crippen LogP contribution in [0.1, 0.15) is 32.3 Å². The molecule has 0 saturated heterocycles. The molecule has 2 aromatic carbocycles. The first-order chi connectivity index (χ1) is 16.1. The van der Waals surface area contributed by atoms with E-state index in [9.17, 15) is 4.79 Å². The molecule has 0 aliphatic carbocycles. The molecule has 0 aromatic heterocycles. The van der Waals surface area contributed by atoms with E-state index in [1.807, 2.05) is 18.5 Å². The monoisotopic (exact) mass is 439 g/mol. The van der Waals surface area contributed by atoms with Gasteiger partial charge < -0.3 is 10.2 Å². The fourth-order valence-electron chi connectivity index (χ4n) is 4.75. The lowest BCUT2D eigenvalue weighted by molar-refractivity contribution is -0.119. The maximum Gasteiger partial charge on any atom is 0.164 e. The summed E-state index contributed by atoms with van der Waals surface area (Å²) >= 11 is 0. The van der Waals surface area contributed by atoms with E-state index < -0.39 is 0 Å². The minimum atomic E-state index is -0.0302. The molecule has 33 heavy (non-hydrogen) atoms. The highest BCUT2D eigenvalue weighted by atomic mass is 16.1. The van der Waals surface area contributed by atoms with E-state index in [4.69, 9.17) is 0 Å². The standard InChI is InChI=1S/C29H33N3O/c1-4-30-18-21(2)20-32-15-13-25(29(33)27-19-31-14-12-22(27)3)17-26-16-24(10-11-28(26)32)23-8-6-5-7-9-23/h4-11,14,16,18-19,22,25,30H,1,12-13,15,17,20H2,2-3H3/b21-18+. The summed E-state index contributed by atoms with van der Waals surface area (Å²) in [6, 6.07) is 17.2. The van der Waals surface area contributed by atoms with E-state index >= 15 is 0 Å². The number of hydrogen-bond acceptors (Lipinski definition) is 4. The zero-order chi connectivity index (χ0) is 23.2. The maximum atomic E-state index is 13.6. The van der Waals surface area contributed by atoms with Crippen molar-refractivity contribution in [2.75, 3.05) is 18.0 Å². The Morgan fingerprint density at radius 1 is 1.21 bits per heavy atom. The van der Waals surface area contributed by atoms with E-state index in [1.165, 1.54) is 28.0 Å². The Bertz CT molecular complexity index is 1100. The summed E-state index contributed by atoms with van der Waals surface area (Å²) in [4.78, 5) is 20.3. The van der Waals surface area contributed by atoms with Crippen molar-refractivity contribution in [3.05, 3.63) is 90.4 Å². The lowest BCUT2D eigenvalue weighted by Crippen LogP contribution is -2.28. The number of benzene rings is 2. The Balaban J connectivity index is 1.68. The van der Waals surface area contributed by atoms with Crippen molar-refractivity contribution in [3.63, 3.8) is 0 Å². The number of allylic oxidation sites excluding steroid dienone is 1. The van der Waals surface area contributed by atoms with Crippen molar-refractivity contribution < 1.29 is 4.79 Å². The Labute approximate surface area is 197 Å². The summed E-state index contributed by atoms with van der Waals surface area (Å²) in [5.41, 5.74) is 6.95. The van der Waals surface area contributed by atoms with Crippen LogP contribution in [-0.4, -0.2) is 25.1 Å². The molecule has 0 spiro atoms. The predicted octanol–water partition coefficient (Wildman–Crippen LogP) is 5.92. The average molecular weight is 440 g/mol. The molecule has 2 aromatic rings. The highest BCUT2D eigenvalue weighted by molar-refractivity contribution is 5.99. The maximum absolute atomic E-state index is 13.6. The molecule has 2 unspecified atom stereocenters. The van der Waals surface area contributed by atoms with Crippen molar-refractivity contribution >= 4 is 17.7 Å². The number of rotatable bonds is 7. The van der Waals surface area contributed by atoms with Gasteiger partial charge in [-0.15, -0.1) is 0 Å². The normalized spacial score (nSPS) is 20.5. The highest BCUT2D eigenvalue weighted by Crippen LogP contribution is 2.35. The van der Waals surface area contributed by atoms with Crippen LogP contribution in [0.3, 0.4) is 0 Å². The van der Waals surface area contributed by atoms with E-state index in [0.29, 0.717) is 0 Å². The number of carbonyl (C=O) groups is 1. The van der Waals surface area contributed by atoms with Crippen LogP contribution in [0.2, 0.25) is 0 Å². The van der Waals surface area contributed by atoms with Crippen LogP contribution in [0.4, 0.5) is 5.69 Å². The lowest BCUT2D eigenvalue weighted by atomic mass is 9.83. The van der Waals surface area contributed by atoms with Gasteiger partial charge in [-0.2, -0.15) is 0 Å². The van der Waals surface area contributed by atoms with Crippen LogP contribution in [-0.2, 0) is 11.2 Å². The number of nitrogens with one attached hydrogen (secondary N) is 1. The average Bonchev–Trinajstić information content (AvgIpc) is 3.02. The van der Waals surface area contributed by atoms with Gasteiger partial charge in [0.15, 0.2) is 5.78 Å². The Kier molecular flexibility index (Phi) is 7.23. The topological polar surface area (TPSA) is 44.7 Å². The molecule has 0 bridgehead atoms. The van der Waals surface area contributed by atoms with E-state index in [-0.39, 0.29) is 17.6 Å². The first kappa shape index (κ1) is 22.8. The minimum Gasteiger partial charge on any atom is -0.368 e. The van der Waals surface area contributed by atoms with Crippen LogP contribution >= 0.6 is 0 Å². The second kappa shape index (κ2) is 10.5. The van der Waals surface area contributed by atoms with Gasteiger partial charge in [0.1, 0.15) is 0 Å². The van der Waals surface area contributed by atoms with Crippen molar-refractivity contribution in [3.8, 4) is 11.1 Å². The van der Waals surface area contributed by atoms with Gasteiger partial charge >= 0.3 is 0 Å². The number of nitrogens with zero attached hydrogens (tertiary/aromatic N) is 2. The minimum absolute atomic E-state index is 0.0302. The molecule has 4 nitrogen and oxygen atoms in total. The zero-order valence-corrected chi connectivity index (χ0v) is 19.6. The third-order valence-electron chi connectivity index (χ3n) is 6.59. The fourth-order valence-corrected chi connectivity index (χ4v) is 4.75. The molecule has 0 amide bonds. The molecule has 0 fully saturated rings. The molecule has 0 saturated carbocycles. The second-order valence-electron chi connectivity index (χ2n) is 9.10. The SMILES string of the molecule is C=CN/C=C(\C)CN1CCC(C(=O)C2=CN=CCC2C)Cc2cc(-c3ccccc3)ccc21. The number of fused-ring (bicyclic) bond motifs is 1. The number of Topliss-reactive ketones (excluding diaryl/α,β-unsaturated/α-hetero) is 1. The van der Waals surface area contributed by atoms with Crippen LogP contribution in [0, 0.1) is 11.8 Å². The van der Waals surface area contributed by atoms with Crippen molar-refractivity contribution in [2.45, 2.75) is 33.1 Å². The highest BCUT2D eigenvalue weighted by Gasteiger charge is 2.30. The van der Waals surface area contributed by atoms with E-state index in [1.54, 1.807) is 12.4 Å². The lowest BCUT2D eigenvalue weighted by Gasteiger charge is -2.26. The van der Waals surface area contributed by atoms with Crippen molar-refractivity contribution in [1.82, 2.24) is 5.32 Å². The van der Waals surface area contributed by atoms with Crippen LogP contribution in [0.5, 0.6) is 0 Å². The molecule has 4 rings (SSSR count). The third-order valence-corrected chi connectivity index (χ3v) is 6.59. The van der Waals surface area contributed by atoms with Crippen molar-refractivity contribution in [2.24, 2.45) is 16.8 Å². The molecule has 0 radical (unpaired) electrons. The molecular formula is C29H33N3O. The van der Waals surface area contributed by atoms with Gasteiger partial charge in [-0.1, -0.05) is 49.9 Å². The first-order valence-electron chi connectivity index (χ1n) is 11.8. The van der Waals surface area contributed by atoms with Crippen LogP contribution in [0.15, 0.2) is 89.8 Å². The number of carbonyl (C=O) groups excluding carboxylic acids is 1. The predicted molar refractivity (Wildman–Crippen MR) is 138 cm³/mol. The Morgan fingerprint density at radius 3 is 2.79 bits per heavy atom. The summed E-state index contributed by atoms with van der Waals surface area (Å²) in [5, 5.41) is 3.08. The summed E-state index contributed by atoms with van der Waals surface area (Å²) in [7, 11) is 0.